The molecule has 0 spiro atoms. The summed E-state index contributed by atoms with van der Waals surface area (Å²) in [5.74, 6) is -0.737. The zero-order valence-corrected chi connectivity index (χ0v) is 22.4. The maximum Gasteiger partial charge on any atom is 0.226 e. The summed E-state index contributed by atoms with van der Waals surface area (Å²) < 4.78 is 16.3. The lowest BCUT2D eigenvalue weighted by Crippen LogP contribution is -2.33. The van der Waals surface area contributed by atoms with Crippen molar-refractivity contribution in [3.8, 4) is 5.69 Å². The van der Waals surface area contributed by atoms with Crippen molar-refractivity contribution in [3.05, 3.63) is 113 Å². The van der Waals surface area contributed by atoms with Crippen LogP contribution in [0.4, 0.5) is 10.1 Å². The fourth-order valence-electron chi connectivity index (χ4n) is 5.23. The molecule has 0 unspecified atom stereocenters. The molecular formula is C30H30FN5OS. The maximum absolute atomic E-state index is 14.1. The number of aromatic nitrogens is 2. The summed E-state index contributed by atoms with van der Waals surface area (Å²) in [7, 11) is 0. The monoisotopic (exact) mass is 527 g/mol. The van der Waals surface area contributed by atoms with Gasteiger partial charge in [-0.3, -0.25) is 9.78 Å². The fourth-order valence-corrected chi connectivity index (χ4v) is 5.57. The van der Waals surface area contributed by atoms with Crippen LogP contribution in [0.1, 0.15) is 46.7 Å². The van der Waals surface area contributed by atoms with E-state index in [4.69, 9.17) is 12.2 Å². The summed E-state index contributed by atoms with van der Waals surface area (Å²) in [4.78, 5) is 19.5. The summed E-state index contributed by atoms with van der Waals surface area (Å²) in [6, 6.07) is 22.3. The third-order valence-corrected chi connectivity index (χ3v) is 7.33. The first kappa shape index (κ1) is 25.6. The number of halogens is 1. The van der Waals surface area contributed by atoms with E-state index in [1.54, 1.807) is 24.4 Å². The lowest BCUT2D eigenvalue weighted by atomic mass is 9.96. The molecule has 4 aromatic rings. The standard InChI is InChI=1S/C30H30FN5OS/c1-19-9-8-10-22(17-19)36-20(2)18-23(21(36)3)29-28(26-13-6-7-15-32-26)34-30(38)35(29)16-14-27(37)33-25-12-5-4-11-24(25)31/h4-13,15,17-18,28-29H,14,16H2,1-3H3,(H,33,37)(H,34,38)/t28-,29+/m0/s1. The number of hydrogen-bond acceptors (Lipinski definition) is 3. The van der Waals surface area contributed by atoms with Crippen LogP contribution in [0.2, 0.25) is 0 Å². The van der Waals surface area contributed by atoms with Gasteiger partial charge in [0.2, 0.25) is 5.91 Å². The number of nitrogens with one attached hydrogen (secondary N) is 2. The molecule has 5 rings (SSSR count). The molecule has 8 heteroatoms. The second kappa shape index (κ2) is 10.8. The van der Waals surface area contributed by atoms with Gasteiger partial charge in [-0.25, -0.2) is 4.39 Å². The van der Waals surface area contributed by atoms with Crippen LogP contribution in [-0.4, -0.2) is 32.0 Å². The molecule has 1 aliphatic rings. The van der Waals surface area contributed by atoms with Crippen molar-refractivity contribution in [1.82, 2.24) is 19.8 Å². The zero-order chi connectivity index (χ0) is 26.8. The number of rotatable bonds is 7. The zero-order valence-electron chi connectivity index (χ0n) is 21.6. The van der Waals surface area contributed by atoms with E-state index >= 15 is 0 Å². The topological polar surface area (TPSA) is 62.2 Å². The summed E-state index contributed by atoms with van der Waals surface area (Å²) in [6.07, 6.45) is 1.93. The van der Waals surface area contributed by atoms with Crippen molar-refractivity contribution in [2.75, 3.05) is 11.9 Å². The average Bonchev–Trinajstić information content (AvgIpc) is 3.39. The Kier molecular flexibility index (Phi) is 7.24. The number of hydrogen-bond donors (Lipinski definition) is 2. The van der Waals surface area contributed by atoms with Gasteiger partial charge in [-0.1, -0.05) is 30.3 Å². The molecule has 2 aromatic carbocycles. The number of anilines is 1. The van der Waals surface area contributed by atoms with Crippen LogP contribution in [0.25, 0.3) is 5.69 Å². The molecule has 0 saturated carbocycles. The molecule has 1 fully saturated rings. The Hall–Kier alpha value is -4.04. The van der Waals surface area contributed by atoms with E-state index in [9.17, 15) is 9.18 Å². The van der Waals surface area contributed by atoms with Crippen molar-refractivity contribution >= 4 is 28.9 Å². The van der Waals surface area contributed by atoms with Crippen LogP contribution in [0.15, 0.2) is 79.0 Å². The summed E-state index contributed by atoms with van der Waals surface area (Å²) in [5, 5.41) is 6.69. The number of thiocarbonyl (C=S) groups is 1. The summed E-state index contributed by atoms with van der Waals surface area (Å²) >= 11 is 5.78. The van der Waals surface area contributed by atoms with Crippen LogP contribution >= 0.6 is 12.2 Å². The highest BCUT2D eigenvalue weighted by atomic mass is 32.1. The van der Waals surface area contributed by atoms with E-state index < -0.39 is 5.82 Å². The minimum Gasteiger partial charge on any atom is -0.352 e. The minimum absolute atomic E-state index is 0.151. The molecule has 1 aliphatic heterocycles. The molecule has 2 aromatic heterocycles. The van der Waals surface area contributed by atoms with Gasteiger partial charge in [0, 0.05) is 36.2 Å². The van der Waals surface area contributed by atoms with Crippen LogP contribution in [0.3, 0.4) is 0 Å². The van der Waals surface area contributed by atoms with Gasteiger partial charge in [-0.2, -0.15) is 0 Å². The largest absolute Gasteiger partial charge is 0.352 e. The molecule has 1 amide bonds. The predicted octanol–water partition coefficient (Wildman–Crippen LogP) is 5.94. The van der Waals surface area contributed by atoms with Gasteiger partial charge in [0.05, 0.1) is 23.5 Å². The van der Waals surface area contributed by atoms with Crippen molar-refractivity contribution in [2.24, 2.45) is 0 Å². The van der Waals surface area contributed by atoms with E-state index in [0.717, 1.165) is 28.3 Å². The highest BCUT2D eigenvalue weighted by Crippen LogP contribution is 2.41. The molecule has 0 bridgehead atoms. The summed E-state index contributed by atoms with van der Waals surface area (Å²) in [6.45, 7) is 6.67. The maximum atomic E-state index is 14.1. The third-order valence-electron chi connectivity index (χ3n) is 6.97. The van der Waals surface area contributed by atoms with E-state index in [2.05, 4.69) is 76.2 Å². The van der Waals surface area contributed by atoms with Gasteiger partial charge in [-0.15, -0.1) is 0 Å². The van der Waals surface area contributed by atoms with Gasteiger partial charge >= 0.3 is 0 Å². The van der Waals surface area contributed by atoms with Crippen molar-refractivity contribution in [1.29, 1.82) is 0 Å². The molecule has 0 radical (unpaired) electrons. The molecular weight excluding hydrogens is 497 g/mol. The van der Waals surface area contributed by atoms with Gasteiger partial charge in [0.1, 0.15) is 5.82 Å². The number of carbonyl (C=O) groups excluding carboxylic acids is 1. The van der Waals surface area contributed by atoms with Crippen LogP contribution in [0, 0.1) is 26.6 Å². The Bertz CT molecular complexity index is 1490. The SMILES string of the molecule is Cc1cccc(-n2c(C)cc([C@@H]3[C@H](c4ccccn4)NC(=S)N3CCC(=O)Nc3ccccc3F)c2C)c1. The highest BCUT2D eigenvalue weighted by Gasteiger charge is 2.41. The second-order valence-electron chi connectivity index (χ2n) is 9.60. The predicted molar refractivity (Wildman–Crippen MR) is 152 cm³/mol. The minimum atomic E-state index is -0.462. The molecule has 0 aliphatic carbocycles. The van der Waals surface area contributed by atoms with Crippen LogP contribution < -0.4 is 10.6 Å². The number of benzene rings is 2. The third kappa shape index (κ3) is 5.04. The van der Waals surface area contributed by atoms with E-state index in [1.807, 2.05) is 18.2 Å². The van der Waals surface area contributed by atoms with Crippen molar-refractivity contribution in [3.63, 3.8) is 0 Å². The average molecular weight is 528 g/mol. The molecule has 2 atom stereocenters. The quantitative estimate of drug-likeness (QED) is 0.292. The van der Waals surface area contributed by atoms with E-state index in [1.165, 1.54) is 11.6 Å². The number of para-hydroxylation sites is 1. The van der Waals surface area contributed by atoms with Gasteiger partial charge in [-0.05, 0) is 86.6 Å². The molecule has 2 N–H and O–H groups in total. The summed E-state index contributed by atoms with van der Waals surface area (Å²) in [5.41, 5.74) is 6.66. The highest BCUT2D eigenvalue weighted by molar-refractivity contribution is 7.80. The Morgan fingerprint density at radius 1 is 1.05 bits per heavy atom. The van der Waals surface area contributed by atoms with Crippen molar-refractivity contribution < 1.29 is 9.18 Å². The first-order valence-corrected chi connectivity index (χ1v) is 13.0. The molecule has 194 valence electrons. The van der Waals surface area contributed by atoms with E-state index in [-0.39, 0.29) is 30.1 Å². The number of aryl methyl sites for hydroxylation is 2. The second-order valence-corrected chi connectivity index (χ2v) is 9.99. The lowest BCUT2D eigenvalue weighted by Gasteiger charge is -2.28. The normalized spacial score (nSPS) is 16.9. The van der Waals surface area contributed by atoms with Crippen LogP contribution in [-0.2, 0) is 4.79 Å². The van der Waals surface area contributed by atoms with Crippen molar-refractivity contribution in [2.45, 2.75) is 39.3 Å². The number of nitrogens with zero attached hydrogens (tertiary/aromatic N) is 3. The first-order valence-electron chi connectivity index (χ1n) is 12.6. The molecule has 1 saturated heterocycles. The number of carbonyl (C=O) groups is 1. The van der Waals surface area contributed by atoms with Gasteiger partial charge in [0.15, 0.2) is 5.11 Å². The van der Waals surface area contributed by atoms with Crippen LogP contribution in [0.5, 0.6) is 0 Å². The Labute approximate surface area is 227 Å². The fraction of sp³-hybridized carbons (Fsp3) is 0.233. The first-order chi connectivity index (χ1) is 18.3. The number of pyridine rings is 1. The Balaban J connectivity index is 1.48. The van der Waals surface area contributed by atoms with Gasteiger partial charge in [0.25, 0.3) is 0 Å². The smallest absolute Gasteiger partial charge is 0.226 e. The lowest BCUT2D eigenvalue weighted by molar-refractivity contribution is -0.116. The number of amides is 1. The molecule has 3 heterocycles. The molecule has 6 nitrogen and oxygen atoms in total. The Morgan fingerprint density at radius 3 is 2.58 bits per heavy atom. The van der Waals surface area contributed by atoms with E-state index in [0.29, 0.717) is 11.7 Å². The van der Waals surface area contributed by atoms with Gasteiger partial charge < -0.3 is 20.1 Å². The Morgan fingerprint density at radius 2 is 1.84 bits per heavy atom. The molecule has 38 heavy (non-hydrogen) atoms.